The number of ether oxygens (including phenoxy) is 1. The smallest absolute Gasteiger partial charge is 0.435 e. The fraction of sp³-hybridized carbons (Fsp3) is 0.458. The van der Waals surface area contributed by atoms with E-state index in [1.54, 1.807) is 19.1 Å². The number of nitrogens with zero attached hydrogens (tertiary/aromatic N) is 5. The molecule has 0 aliphatic carbocycles. The van der Waals surface area contributed by atoms with Crippen LogP contribution in [0.1, 0.15) is 111 Å². The zero-order valence-electron chi connectivity index (χ0n) is 39.1. The zero-order valence-corrected chi connectivity index (χ0v) is 40.7. The molecular weight excluding hydrogens is 966 g/mol. The van der Waals surface area contributed by atoms with Crippen LogP contribution in [0.4, 0.5) is 23.7 Å². The Morgan fingerprint density at radius 1 is 0.944 bits per heavy atom. The number of azide groups is 1. The van der Waals surface area contributed by atoms with Crippen molar-refractivity contribution in [2.75, 3.05) is 12.3 Å². The summed E-state index contributed by atoms with van der Waals surface area (Å²) in [5.41, 5.74) is 9.65. The van der Waals surface area contributed by atoms with Crippen LogP contribution in [-0.2, 0) is 41.9 Å². The maximum Gasteiger partial charge on any atom is 0.435 e. The van der Waals surface area contributed by atoms with Gasteiger partial charge in [-0.2, -0.15) is 30.0 Å². The van der Waals surface area contributed by atoms with E-state index in [2.05, 4.69) is 36.4 Å². The molecule has 2 fully saturated rings. The second kappa shape index (κ2) is 25.1. The van der Waals surface area contributed by atoms with Crippen LogP contribution in [0.2, 0.25) is 0 Å². The van der Waals surface area contributed by atoms with Crippen molar-refractivity contribution in [1.82, 2.24) is 31.0 Å². The minimum Gasteiger partial charge on any atom is -0.459 e. The Morgan fingerprint density at radius 3 is 2.32 bits per heavy atom. The number of primary sulfonamides is 1. The van der Waals surface area contributed by atoms with Crippen LogP contribution in [0.25, 0.3) is 27.4 Å². The predicted octanol–water partition coefficient (Wildman–Crippen LogP) is 8.22. The number of urea groups is 1. The van der Waals surface area contributed by atoms with E-state index in [1.165, 1.54) is 42.5 Å². The largest absolute Gasteiger partial charge is 0.459 e. The Balaban J connectivity index is 0.951. The topological polar surface area (TPSA) is 269 Å². The minimum atomic E-state index is -4.79. The van der Waals surface area contributed by atoms with Crippen LogP contribution in [-0.4, -0.2) is 83.5 Å². The van der Waals surface area contributed by atoms with E-state index in [9.17, 15) is 45.6 Å². The molecule has 18 nitrogen and oxygen atoms in total. The van der Waals surface area contributed by atoms with Crippen molar-refractivity contribution in [1.29, 1.82) is 0 Å². The third kappa shape index (κ3) is 15.8. The molecule has 3 aromatic carbocycles. The number of aromatic nitrogens is 2. The summed E-state index contributed by atoms with van der Waals surface area (Å²) in [7, 11) is -4.06. The number of halogens is 3. The Hall–Kier alpha value is -6.42. The number of unbranched alkanes of at least 4 members (excludes halogenated alkanes) is 5. The molecule has 2 aliphatic rings. The summed E-state index contributed by atoms with van der Waals surface area (Å²) >= 11 is 1.87. The van der Waals surface area contributed by atoms with Crippen LogP contribution >= 0.6 is 11.8 Å². The first-order chi connectivity index (χ1) is 33.9. The summed E-state index contributed by atoms with van der Waals surface area (Å²) in [6, 6.07) is 15.4. The van der Waals surface area contributed by atoms with Gasteiger partial charge in [0, 0.05) is 58.5 Å². The number of sulfonamides is 1. The number of aryl methyl sites for hydroxylation is 1. The summed E-state index contributed by atoms with van der Waals surface area (Å²) in [6.45, 7) is 1.78. The first-order valence-electron chi connectivity index (χ1n) is 23.4. The lowest BCUT2D eigenvalue weighted by Gasteiger charge is -2.19. The van der Waals surface area contributed by atoms with Crippen molar-refractivity contribution >= 4 is 57.1 Å². The van der Waals surface area contributed by atoms with Gasteiger partial charge in [-0.15, -0.1) is 0 Å². The second-order valence-electron chi connectivity index (χ2n) is 17.5. The molecule has 0 bridgehead atoms. The first-order valence-corrected chi connectivity index (χ1v) is 26.0. The van der Waals surface area contributed by atoms with Gasteiger partial charge in [-0.05, 0) is 117 Å². The number of ketones is 1. The SMILES string of the molecule is Cc1cc(-c2cc(C(F)(F)F)nn2-c2ccc(S(N)(=O)=O)cc2)ccc1COC(=O)[C@@H](CCCCNC(=O)CCCCCCC(=O)CCCC[C@@H]1SC[C@@H]2NC(=O)N[C@@H]21)NC(=O)c1ccc(N=[N+]=[N-])cc1. The number of rotatable bonds is 26. The molecule has 2 saturated heterocycles. The van der Waals surface area contributed by atoms with Gasteiger partial charge in [-0.1, -0.05) is 48.6 Å². The number of carbonyl (C=O) groups excluding carboxylic acids is 5. The van der Waals surface area contributed by atoms with E-state index >= 15 is 0 Å². The molecule has 4 amide bonds. The molecule has 380 valence electrons. The van der Waals surface area contributed by atoms with Gasteiger partial charge in [0.25, 0.3) is 5.91 Å². The van der Waals surface area contributed by atoms with E-state index in [0.29, 0.717) is 67.0 Å². The Bertz CT molecular complexity index is 2700. The molecule has 0 radical (unpaired) electrons. The number of thioether (sulfide) groups is 1. The third-order valence-electron chi connectivity index (χ3n) is 12.3. The molecule has 6 rings (SSSR count). The number of carbonyl (C=O) groups is 5. The van der Waals surface area contributed by atoms with E-state index in [4.69, 9.17) is 15.4 Å². The number of fused-ring (bicyclic) bond motifs is 1. The highest BCUT2D eigenvalue weighted by molar-refractivity contribution is 8.00. The normalized spacial score (nSPS) is 16.8. The maximum absolute atomic E-state index is 13.9. The van der Waals surface area contributed by atoms with Crippen molar-refractivity contribution in [2.24, 2.45) is 10.3 Å². The summed E-state index contributed by atoms with van der Waals surface area (Å²) in [4.78, 5) is 65.9. The molecule has 71 heavy (non-hydrogen) atoms. The number of nitrogens with one attached hydrogen (secondary N) is 4. The van der Waals surface area contributed by atoms with Gasteiger partial charge in [0.15, 0.2) is 5.69 Å². The van der Waals surface area contributed by atoms with Crippen LogP contribution < -0.4 is 26.4 Å². The number of hydrogen-bond donors (Lipinski definition) is 5. The van der Waals surface area contributed by atoms with Crippen molar-refractivity contribution in [3.05, 3.63) is 106 Å². The average molecular weight is 1020 g/mol. The van der Waals surface area contributed by atoms with Crippen molar-refractivity contribution in [2.45, 2.75) is 131 Å². The van der Waals surface area contributed by atoms with Gasteiger partial charge in [0.05, 0.1) is 28.4 Å². The Kier molecular flexibility index (Phi) is 19.1. The van der Waals surface area contributed by atoms with Crippen LogP contribution in [0.15, 0.2) is 82.8 Å². The van der Waals surface area contributed by atoms with E-state index in [1.807, 2.05) is 11.8 Å². The van der Waals surface area contributed by atoms with Gasteiger partial charge in [0.1, 0.15) is 18.4 Å². The number of Topliss-reactive ketones (excluding diaryl/α,β-unsaturated/α-hetero) is 1. The number of amides is 4. The Morgan fingerprint density at radius 2 is 1.65 bits per heavy atom. The lowest BCUT2D eigenvalue weighted by atomic mass is 10.0. The van der Waals surface area contributed by atoms with Crippen molar-refractivity contribution in [3.8, 4) is 16.9 Å². The molecule has 2 aliphatic heterocycles. The summed E-state index contributed by atoms with van der Waals surface area (Å²) in [6.07, 6.45) is 3.61. The number of benzene rings is 3. The van der Waals surface area contributed by atoms with E-state index < -0.39 is 39.8 Å². The minimum absolute atomic E-state index is 0.0510. The summed E-state index contributed by atoms with van der Waals surface area (Å²) in [5, 5.41) is 24.4. The molecule has 6 N–H and O–H groups in total. The molecule has 4 aromatic rings. The monoisotopic (exact) mass is 1020 g/mol. The highest BCUT2D eigenvalue weighted by atomic mass is 32.2. The highest BCUT2D eigenvalue weighted by Gasteiger charge is 2.42. The van der Waals surface area contributed by atoms with Crippen LogP contribution in [0, 0.1) is 6.92 Å². The standard InChI is InChI=1S/C48H57F3N10O8S2/c1-30-26-32(40-27-42(48(49,50)51)59-61(40)35-21-23-37(24-22-35)71(53,67)68)15-16-33(30)28-69-46(65)38(55-45(64)31-17-19-34(20-18-31)58-60-52)12-8-9-25-54-43(63)14-5-3-2-4-10-36(62)11-6-7-13-41-44-39(29-70-41)56-47(66)57-44/h15-24,26-27,38-39,41,44H,2-14,25,28-29H2,1H3,(H,54,63)(H,55,64)(H2,53,67,68)(H2,56,57,66)/t38-,39+,41+,44+/m1/s1. The van der Waals surface area contributed by atoms with Gasteiger partial charge in [-0.3, -0.25) is 14.4 Å². The van der Waals surface area contributed by atoms with Gasteiger partial charge < -0.3 is 26.0 Å². The molecule has 0 saturated carbocycles. The predicted molar refractivity (Wildman–Crippen MR) is 260 cm³/mol. The highest BCUT2D eigenvalue weighted by Crippen LogP contribution is 2.35. The molecule has 4 atom stereocenters. The van der Waals surface area contributed by atoms with Crippen molar-refractivity contribution in [3.63, 3.8) is 0 Å². The average Bonchev–Trinajstić information content (AvgIpc) is 4.06. The summed E-state index contributed by atoms with van der Waals surface area (Å²) < 4.78 is 71.8. The molecule has 3 heterocycles. The maximum atomic E-state index is 13.9. The fourth-order valence-corrected chi connectivity index (χ4v) is 10.4. The first kappa shape index (κ1) is 53.9. The fourth-order valence-electron chi connectivity index (χ4n) is 8.37. The lowest BCUT2D eigenvalue weighted by Crippen LogP contribution is -2.42. The van der Waals surface area contributed by atoms with Crippen molar-refractivity contribution < 1.29 is 50.3 Å². The zero-order chi connectivity index (χ0) is 51.1. The van der Waals surface area contributed by atoms with Gasteiger partial charge in [-0.25, -0.2) is 27.8 Å². The summed E-state index contributed by atoms with van der Waals surface area (Å²) in [5.74, 6) is -0.269. The quantitative estimate of drug-likeness (QED) is 0.0100. The van der Waals surface area contributed by atoms with Gasteiger partial charge in [0.2, 0.25) is 15.9 Å². The third-order valence-corrected chi connectivity index (χ3v) is 14.7. The van der Waals surface area contributed by atoms with Crippen LogP contribution in [0.5, 0.6) is 0 Å². The van der Waals surface area contributed by atoms with E-state index in [-0.39, 0.29) is 70.4 Å². The number of alkyl halides is 3. The van der Waals surface area contributed by atoms with Gasteiger partial charge >= 0.3 is 18.2 Å². The number of esters is 1. The number of hydrogen-bond acceptors (Lipinski definition) is 11. The van der Waals surface area contributed by atoms with E-state index in [0.717, 1.165) is 67.2 Å². The molecule has 23 heteroatoms. The second-order valence-corrected chi connectivity index (χ2v) is 20.4. The molecule has 0 spiro atoms. The molecular formula is C48H57F3N10O8S2. The molecule has 1 aromatic heterocycles. The Labute approximate surface area is 413 Å². The lowest BCUT2D eigenvalue weighted by molar-refractivity contribution is -0.147. The number of nitrogens with two attached hydrogens (primary N) is 1. The van der Waals surface area contributed by atoms with Crippen LogP contribution in [0.3, 0.4) is 0 Å². The molecule has 0 unspecified atom stereocenters.